The molecule has 2 saturated heterocycles. The number of hydrogen-bond acceptors (Lipinski definition) is 3. The first-order valence-corrected chi connectivity index (χ1v) is 8.90. The molecule has 3 fully saturated rings. The van der Waals surface area contributed by atoms with Crippen LogP contribution in [0.2, 0.25) is 0 Å². The molecule has 24 heavy (non-hydrogen) atoms. The van der Waals surface area contributed by atoms with E-state index in [-0.39, 0.29) is 29.9 Å². The number of likely N-dealkylation sites (tertiary alicyclic amines) is 1. The standard InChI is InChI=1S/C19H24FNO3/c20-17-4-2-1-3-15(17)9-18(22)21-12-19(13-21)10-16(7-8-24-19)23-11-14-5-6-14/h1-4,14,16H,5-13H2. The third-order valence-electron chi connectivity index (χ3n) is 5.32. The quantitative estimate of drug-likeness (QED) is 0.831. The second-order valence-electron chi connectivity index (χ2n) is 7.44. The number of carbonyl (C=O) groups excluding carboxylic acids is 1. The van der Waals surface area contributed by atoms with Crippen LogP contribution in [0.25, 0.3) is 0 Å². The van der Waals surface area contributed by atoms with E-state index in [1.54, 1.807) is 23.1 Å². The molecule has 4 rings (SSSR count). The van der Waals surface area contributed by atoms with Crippen LogP contribution >= 0.6 is 0 Å². The van der Waals surface area contributed by atoms with E-state index in [1.807, 2.05) is 0 Å². The molecule has 0 bridgehead atoms. The third kappa shape index (κ3) is 3.47. The van der Waals surface area contributed by atoms with Crippen molar-refractivity contribution in [3.63, 3.8) is 0 Å². The highest BCUT2D eigenvalue weighted by Gasteiger charge is 2.49. The number of rotatable bonds is 5. The topological polar surface area (TPSA) is 38.8 Å². The smallest absolute Gasteiger partial charge is 0.227 e. The van der Waals surface area contributed by atoms with Crippen molar-refractivity contribution in [3.8, 4) is 0 Å². The van der Waals surface area contributed by atoms with Crippen LogP contribution in [0.15, 0.2) is 24.3 Å². The van der Waals surface area contributed by atoms with E-state index in [1.165, 1.54) is 18.9 Å². The lowest BCUT2D eigenvalue weighted by Crippen LogP contribution is -2.67. The van der Waals surface area contributed by atoms with Gasteiger partial charge in [0.25, 0.3) is 0 Å². The van der Waals surface area contributed by atoms with Crippen molar-refractivity contribution in [1.29, 1.82) is 0 Å². The fourth-order valence-corrected chi connectivity index (χ4v) is 3.64. The van der Waals surface area contributed by atoms with E-state index < -0.39 is 0 Å². The fraction of sp³-hybridized carbons (Fsp3) is 0.632. The Labute approximate surface area is 141 Å². The Hall–Kier alpha value is -1.46. The molecule has 1 amide bonds. The summed E-state index contributed by atoms with van der Waals surface area (Å²) in [4.78, 5) is 14.1. The van der Waals surface area contributed by atoms with Gasteiger partial charge in [0.05, 0.1) is 25.6 Å². The fourth-order valence-electron chi connectivity index (χ4n) is 3.64. The minimum absolute atomic E-state index is 0.0321. The largest absolute Gasteiger partial charge is 0.378 e. The summed E-state index contributed by atoms with van der Waals surface area (Å²) in [6, 6.07) is 6.46. The van der Waals surface area contributed by atoms with E-state index in [0.29, 0.717) is 25.3 Å². The Bertz CT molecular complexity index is 610. The Kier molecular flexibility index (Phi) is 4.31. The number of benzene rings is 1. The predicted molar refractivity (Wildman–Crippen MR) is 87.1 cm³/mol. The molecule has 130 valence electrons. The molecule has 1 aromatic carbocycles. The van der Waals surface area contributed by atoms with E-state index in [4.69, 9.17) is 9.47 Å². The summed E-state index contributed by atoms with van der Waals surface area (Å²) >= 11 is 0. The molecule has 1 aliphatic carbocycles. The lowest BCUT2D eigenvalue weighted by atomic mass is 9.84. The highest BCUT2D eigenvalue weighted by molar-refractivity contribution is 5.80. The predicted octanol–water partition coefficient (Wildman–Crippen LogP) is 2.55. The summed E-state index contributed by atoms with van der Waals surface area (Å²) in [6.07, 6.45) is 4.77. The van der Waals surface area contributed by atoms with Gasteiger partial charge in [-0.05, 0) is 36.8 Å². The normalized spacial score (nSPS) is 25.5. The maximum Gasteiger partial charge on any atom is 0.227 e. The Balaban J connectivity index is 1.28. The number of carbonyl (C=O) groups is 1. The van der Waals surface area contributed by atoms with Crippen LogP contribution in [-0.4, -0.2) is 48.8 Å². The molecule has 0 radical (unpaired) electrons. The summed E-state index contributed by atoms with van der Waals surface area (Å²) in [7, 11) is 0. The van der Waals surface area contributed by atoms with Gasteiger partial charge in [-0.15, -0.1) is 0 Å². The van der Waals surface area contributed by atoms with Gasteiger partial charge < -0.3 is 14.4 Å². The summed E-state index contributed by atoms with van der Waals surface area (Å²) in [6.45, 7) is 2.77. The first-order valence-electron chi connectivity index (χ1n) is 8.90. The van der Waals surface area contributed by atoms with E-state index in [0.717, 1.165) is 25.4 Å². The van der Waals surface area contributed by atoms with Gasteiger partial charge in [0.15, 0.2) is 0 Å². The first kappa shape index (κ1) is 16.0. The average molecular weight is 333 g/mol. The summed E-state index contributed by atoms with van der Waals surface area (Å²) < 4.78 is 25.7. The van der Waals surface area contributed by atoms with Crippen LogP contribution in [-0.2, 0) is 20.7 Å². The molecule has 0 N–H and O–H groups in total. The molecule has 2 aliphatic heterocycles. The molecule has 1 unspecified atom stereocenters. The van der Waals surface area contributed by atoms with Crippen molar-refractivity contribution < 1.29 is 18.7 Å². The van der Waals surface area contributed by atoms with Crippen molar-refractivity contribution in [2.24, 2.45) is 5.92 Å². The van der Waals surface area contributed by atoms with E-state index in [9.17, 15) is 9.18 Å². The molecule has 1 saturated carbocycles. The van der Waals surface area contributed by atoms with Gasteiger partial charge >= 0.3 is 0 Å². The van der Waals surface area contributed by atoms with Crippen LogP contribution in [0.4, 0.5) is 4.39 Å². The molecule has 4 nitrogen and oxygen atoms in total. The third-order valence-corrected chi connectivity index (χ3v) is 5.32. The minimum Gasteiger partial charge on any atom is -0.378 e. The molecular weight excluding hydrogens is 309 g/mol. The zero-order valence-electron chi connectivity index (χ0n) is 13.9. The first-order chi connectivity index (χ1) is 11.6. The Morgan fingerprint density at radius 2 is 2.08 bits per heavy atom. The molecular formula is C19H24FNO3. The molecule has 1 aromatic rings. The van der Waals surface area contributed by atoms with Crippen molar-refractivity contribution in [1.82, 2.24) is 4.90 Å². The molecule has 2 heterocycles. The lowest BCUT2D eigenvalue weighted by molar-refractivity contribution is -0.201. The van der Waals surface area contributed by atoms with Gasteiger partial charge in [-0.25, -0.2) is 4.39 Å². The molecule has 1 atom stereocenters. The van der Waals surface area contributed by atoms with Gasteiger partial charge in [-0.2, -0.15) is 0 Å². The minimum atomic E-state index is -0.316. The zero-order chi connectivity index (χ0) is 16.6. The van der Waals surface area contributed by atoms with Gasteiger partial charge in [-0.1, -0.05) is 18.2 Å². The second-order valence-corrected chi connectivity index (χ2v) is 7.44. The molecule has 0 aromatic heterocycles. The number of halogens is 1. The SMILES string of the molecule is O=C(Cc1ccccc1F)N1CC2(CC(OCC3CC3)CCO2)C1. The van der Waals surface area contributed by atoms with Crippen molar-refractivity contribution in [2.45, 2.75) is 43.8 Å². The van der Waals surface area contributed by atoms with Crippen molar-refractivity contribution in [2.75, 3.05) is 26.3 Å². The number of hydrogen-bond donors (Lipinski definition) is 0. The van der Waals surface area contributed by atoms with E-state index in [2.05, 4.69) is 0 Å². The highest BCUT2D eigenvalue weighted by atomic mass is 19.1. The number of amides is 1. The number of nitrogens with zero attached hydrogens (tertiary/aromatic N) is 1. The maximum absolute atomic E-state index is 13.7. The van der Waals surface area contributed by atoms with Gasteiger partial charge in [0, 0.05) is 19.6 Å². The van der Waals surface area contributed by atoms with Crippen LogP contribution in [0.5, 0.6) is 0 Å². The van der Waals surface area contributed by atoms with Crippen LogP contribution < -0.4 is 0 Å². The summed E-state index contributed by atoms with van der Waals surface area (Å²) in [5.41, 5.74) is 0.218. The monoisotopic (exact) mass is 333 g/mol. The van der Waals surface area contributed by atoms with Crippen LogP contribution in [0.1, 0.15) is 31.2 Å². The van der Waals surface area contributed by atoms with E-state index >= 15 is 0 Å². The highest BCUT2D eigenvalue weighted by Crippen LogP contribution is 2.37. The maximum atomic E-state index is 13.7. The van der Waals surface area contributed by atoms with Gasteiger partial charge in [-0.3, -0.25) is 4.79 Å². The molecule has 1 spiro atoms. The second kappa shape index (κ2) is 6.45. The number of ether oxygens (including phenoxy) is 2. The average Bonchev–Trinajstić information content (AvgIpc) is 3.37. The molecule has 5 heteroatoms. The zero-order valence-corrected chi connectivity index (χ0v) is 13.9. The Morgan fingerprint density at radius 3 is 2.83 bits per heavy atom. The summed E-state index contributed by atoms with van der Waals surface area (Å²) in [5, 5.41) is 0. The van der Waals surface area contributed by atoms with Crippen LogP contribution in [0, 0.1) is 11.7 Å². The van der Waals surface area contributed by atoms with Crippen LogP contribution in [0.3, 0.4) is 0 Å². The van der Waals surface area contributed by atoms with Crippen molar-refractivity contribution >= 4 is 5.91 Å². The lowest BCUT2D eigenvalue weighted by Gasteiger charge is -2.53. The van der Waals surface area contributed by atoms with Crippen molar-refractivity contribution in [3.05, 3.63) is 35.6 Å². The Morgan fingerprint density at radius 1 is 1.29 bits per heavy atom. The molecule has 3 aliphatic rings. The summed E-state index contributed by atoms with van der Waals surface area (Å²) in [5.74, 6) is 0.419. The van der Waals surface area contributed by atoms with Gasteiger partial charge in [0.1, 0.15) is 11.4 Å². The van der Waals surface area contributed by atoms with Gasteiger partial charge in [0.2, 0.25) is 5.91 Å².